The van der Waals surface area contributed by atoms with E-state index in [0.29, 0.717) is 0 Å². The molecular formula is C7H10BNO2. The summed E-state index contributed by atoms with van der Waals surface area (Å²) in [5.74, 6) is 0. The zero-order valence-electron chi connectivity index (χ0n) is 8.78. The standard InChI is InChI=1S/C7H10BNO2/c1-5-2-3-7(9)6(4-5)8(10)11/h2-4,10-11H,9H2,1H3/i1D3. The first kappa shape index (κ1) is 4.80. The topological polar surface area (TPSA) is 66.5 Å². The number of anilines is 1. The number of hydrogen-bond donors (Lipinski definition) is 3. The Balaban J connectivity index is 3.20. The zero-order valence-corrected chi connectivity index (χ0v) is 5.78. The second-order valence-electron chi connectivity index (χ2n) is 2.22. The van der Waals surface area contributed by atoms with Crippen LogP contribution in [-0.4, -0.2) is 17.2 Å². The fourth-order valence-electron chi connectivity index (χ4n) is 0.798. The highest BCUT2D eigenvalue weighted by Crippen LogP contribution is 2.01. The highest BCUT2D eigenvalue weighted by molar-refractivity contribution is 6.60. The predicted molar refractivity (Wildman–Crippen MR) is 45.4 cm³/mol. The van der Waals surface area contributed by atoms with Gasteiger partial charge in [0.15, 0.2) is 0 Å². The van der Waals surface area contributed by atoms with Crippen molar-refractivity contribution in [3.8, 4) is 0 Å². The van der Waals surface area contributed by atoms with E-state index in [9.17, 15) is 0 Å². The Bertz CT molecular complexity index is 340. The number of rotatable bonds is 1. The maximum Gasteiger partial charge on any atom is 0.490 e. The average molecular weight is 154 g/mol. The van der Waals surface area contributed by atoms with E-state index in [1.807, 2.05) is 0 Å². The molecule has 0 bridgehead atoms. The summed E-state index contributed by atoms with van der Waals surface area (Å²) in [6.07, 6.45) is 0. The van der Waals surface area contributed by atoms with Crippen molar-refractivity contribution < 1.29 is 14.2 Å². The van der Waals surface area contributed by atoms with Gasteiger partial charge < -0.3 is 15.8 Å². The van der Waals surface area contributed by atoms with Crippen LogP contribution in [0, 0.1) is 6.85 Å². The van der Waals surface area contributed by atoms with Crippen LogP contribution in [0.5, 0.6) is 0 Å². The molecule has 0 aromatic heterocycles. The molecule has 0 heterocycles. The van der Waals surface area contributed by atoms with E-state index in [-0.39, 0.29) is 16.7 Å². The number of aryl methyl sites for hydroxylation is 1. The van der Waals surface area contributed by atoms with Gasteiger partial charge in [0.05, 0.1) is 0 Å². The normalized spacial score (nSPS) is 14.9. The molecule has 0 aliphatic heterocycles. The Morgan fingerprint density at radius 2 is 2.27 bits per heavy atom. The maximum atomic E-state index is 8.89. The van der Waals surface area contributed by atoms with Crippen molar-refractivity contribution in [1.29, 1.82) is 0 Å². The lowest BCUT2D eigenvalue weighted by Crippen LogP contribution is -2.32. The van der Waals surface area contributed by atoms with Gasteiger partial charge in [-0.25, -0.2) is 0 Å². The zero-order chi connectivity index (χ0) is 10.9. The first-order chi connectivity index (χ1) is 6.32. The molecule has 0 radical (unpaired) electrons. The monoisotopic (exact) mass is 154 g/mol. The second kappa shape index (κ2) is 2.94. The van der Waals surface area contributed by atoms with Gasteiger partial charge in [-0.15, -0.1) is 0 Å². The smallest absolute Gasteiger partial charge is 0.423 e. The van der Waals surface area contributed by atoms with Crippen molar-refractivity contribution in [2.45, 2.75) is 6.85 Å². The van der Waals surface area contributed by atoms with Gasteiger partial charge in [0.25, 0.3) is 0 Å². The van der Waals surface area contributed by atoms with Crippen LogP contribution in [0.25, 0.3) is 0 Å². The Labute approximate surface area is 69.8 Å². The fraction of sp³-hybridized carbons (Fsp3) is 0.143. The van der Waals surface area contributed by atoms with Gasteiger partial charge in [-0.05, 0) is 12.9 Å². The first-order valence-electron chi connectivity index (χ1n) is 4.58. The van der Waals surface area contributed by atoms with Crippen LogP contribution in [0.15, 0.2) is 18.2 Å². The molecule has 3 nitrogen and oxygen atoms in total. The molecule has 0 aliphatic carbocycles. The molecule has 0 saturated heterocycles. The van der Waals surface area contributed by atoms with Gasteiger partial charge in [0.1, 0.15) is 0 Å². The lowest BCUT2D eigenvalue weighted by Gasteiger charge is -2.04. The van der Waals surface area contributed by atoms with Crippen LogP contribution < -0.4 is 11.2 Å². The minimum Gasteiger partial charge on any atom is -0.423 e. The molecule has 0 saturated carbocycles. The van der Waals surface area contributed by atoms with Crippen LogP contribution >= 0.6 is 0 Å². The van der Waals surface area contributed by atoms with E-state index in [1.54, 1.807) is 0 Å². The molecule has 1 aromatic rings. The van der Waals surface area contributed by atoms with E-state index < -0.39 is 14.0 Å². The summed E-state index contributed by atoms with van der Waals surface area (Å²) >= 11 is 0. The molecular weight excluding hydrogens is 141 g/mol. The van der Waals surface area contributed by atoms with Crippen LogP contribution in [0.3, 0.4) is 0 Å². The van der Waals surface area contributed by atoms with Crippen molar-refractivity contribution >= 4 is 18.3 Å². The Morgan fingerprint density at radius 1 is 1.55 bits per heavy atom. The number of nitrogens with two attached hydrogens (primary N) is 1. The molecule has 0 aliphatic rings. The largest absolute Gasteiger partial charge is 0.490 e. The third kappa shape index (κ3) is 1.72. The predicted octanol–water partition coefficient (Wildman–Crippen LogP) is -0.743. The number of nitrogen functional groups attached to an aromatic ring is 1. The van der Waals surface area contributed by atoms with Crippen molar-refractivity contribution in [1.82, 2.24) is 0 Å². The summed E-state index contributed by atoms with van der Waals surface area (Å²) in [5, 5.41) is 17.8. The molecule has 0 amide bonds. The fourth-order valence-corrected chi connectivity index (χ4v) is 0.798. The van der Waals surface area contributed by atoms with Gasteiger partial charge in [0, 0.05) is 15.3 Å². The molecule has 58 valence electrons. The summed E-state index contributed by atoms with van der Waals surface area (Å²) in [4.78, 5) is 0. The highest BCUT2D eigenvalue weighted by Gasteiger charge is 2.13. The van der Waals surface area contributed by atoms with Crippen LogP contribution in [0.1, 0.15) is 9.68 Å². The maximum absolute atomic E-state index is 8.89. The third-order valence-corrected chi connectivity index (χ3v) is 1.36. The summed E-state index contributed by atoms with van der Waals surface area (Å²) in [5.41, 5.74) is 5.64. The summed E-state index contributed by atoms with van der Waals surface area (Å²) in [7, 11) is -1.75. The van der Waals surface area contributed by atoms with Gasteiger partial charge in [-0.2, -0.15) is 0 Å². The molecule has 1 rings (SSSR count). The molecule has 4 heteroatoms. The molecule has 1 aromatic carbocycles. The highest BCUT2D eigenvalue weighted by atomic mass is 16.4. The molecule has 11 heavy (non-hydrogen) atoms. The van der Waals surface area contributed by atoms with E-state index in [1.165, 1.54) is 18.2 Å². The Hall–Kier alpha value is -0.995. The second-order valence-corrected chi connectivity index (χ2v) is 2.22. The SMILES string of the molecule is [2H]C([2H])([2H])c1ccc(N)c(B(O)O)c1. The van der Waals surface area contributed by atoms with Gasteiger partial charge in [0.2, 0.25) is 0 Å². The van der Waals surface area contributed by atoms with E-state index in [4.69, 9.17) is 19.9 Å². The van der Waals surface area contributed by atoms with E-state index in [0.717, 1.165) is 0 Å². The lowest BCUT2D eigenvalue weighted by molar-refractivity contribution is 0.426. The van der Waals surface area contributed by atoms with E-state index in [2.05, 4.69) is 0 Å². The van der Waals surface area contributed by atoms with Crippen LogP contribution in [-0.2, 0) is 0 Å². The van der Waals surface area contributed by atoms with Gasteiger partial charge >= 0.3 is 7.12 Å². The van der Waals surface area contributed by atoms with Crippen molar-refractivity contribution in [2.24, 2.45) is 0 Å². The minimum absolute atomic E-state index is 0.0126. The minimum atomic E-state index is -2.27. The molecule has 0 unspecified atom stereocenters. The average Bonchev–Trinajstić information content (AvgIpc) is 2.02. The summed E-state index contributed by atoms with van der Waals surface area (Å²) in [6, 6.07) is 3.86. The molecule has 4 N–H and O–H groups in total. The van der Waals surface area contributed by atoms with Crippen LogP contribution in [0.2, 0.25) is 0 Å². The Morgan fingerprint density at radius 3 is 2.82 bits per heavy atom. The van der Waals surface area contributed by atoms with Gasteiger partial charge in [-0.3, -0.25) is 0 Å². The number of benzene rings is 1. The Kier molecular flexibility index (Phi) is 1.28. The summed E-state index contributed by atoms with van der Waals surface area (Å²) in [6.45, 7) is -2.27. The first-order valence-corrected chi connectivity index (χ1v) is 3.08. The molecule has 0 atom stereocenters. The molecule has 0 fully saturated rings. The quantitative estimate of drug-likeness (QED) is 0.368. The summed E-state index contributed by atoms with van der Waals surface area (Å²) < 4.78 is 21.3. The van der Waals surface area contributed by atoms with Gasteiger partial charge in [-0.1, -0.05) is 17.7 Å². The molecule has 0 spiro atoms. The van der Waals surface area contributed by atoms with Crippen molar-refractivity contribution in [3.05, 3.63) is 23.8 Å². The lowest BCUT2D eigenvalue weighted by atomic mass is 9.78. The van der Waals surface area contributed by atoms with Crippen LogP contribution in [0.4, 0.5) is 5.69 Å². The van der Waals surface area contributed by atoms with E-state index >= 15 is 0 Å². The van der Waals surface area contributed by atoms with Crippen molar-refractivity contribution in [2.75, 3.05) is 5.73 Å². The third-order valence-electron chi connectivity index (χ3n) is 1.36. The number of hydrogen-bond acceptors (Lipinski definition) is 3. The van der Waals surface area contributed by atoms with Crippen molar-refractivity contribution in [3.63, 3.8) is 0 Å².